The average molecular weight is 394 g/mol. The van der Waals surface area contributed by atoms with Crippen LogP contribution in [0, 0.1) is 6.92 Å². The summed E-state index contributed by atoms with van der Waals surface area (Å²) in [5.74, 6) is 0.844. The average Bonchev–Trinajstić information content (AvgIpc) is 3.14. The van der Waals surface area contributed by atoms with Crippen molar-refractivity contribution in [3.63, 3.8) is 0 Å². The van der Waals surface area contributed by atoms with Gasteiger partial charge in [0.15, 0.2) is 11.3 Å². The molecule has 7 nitrogen and oxygen atoms in total. The van der Waals surface area contributed by atoms with E-state index in [1.165, 1.54) is 0 Å². The molecule has 0 bridgehead atoms. The summed E-state index contributed by atoms with van der Waals surface area (Å²) in [6.45, 7) is 7.46. The molecule has 0 unspecified atom stereocenters. The highest BCUT2D eigenvalue weighted by Crippen LogP contribution is 2.27. The predicted octanol–water partition coefficient (Wildman–Crippen LogP) is 3.97. The maximum absolute atomic E-state index is 12.9. The number of amides is 1. The fraction of sp³-hybridized carbons (Fsp3) is 0.409. The van der Waals surface area contributed by atoms with E-state index in [2.05, 4.69) is 16.4 Å². The first-order chi connectivity index (χ1) is 14.0. The van der Waals surface area contributed by atoms with Gasteiger partial charge in [0.2, 0.25) is 0 Å². The van der Waals surface area contributed by atoms with Crippen molar-refractivity contribution in [1.82, 2.24) is 14.4 Å². The topological polar surface area (TPSA) is 77.8 Å². The fourth-order valence-electron chi connectivity index (χ4n) is 3.59. The van der Waals surface area contributed by atoms with Gasteiger partial charge in [-0.3, -0.25) is 9.20 Å². The third-order valence-corrected chi connectivity index (χ3v) is 5.05. The Labute approximate surface area is 170 Å². The van der Waals surface area contributed by atoms with Crippen LogP contribution in [0.5, 0.6) is 5.75 Å². The van der Waals surface area contributed by atoms with Crippen LogP contribution in [-0.4, -0.2) is 39.6 Å². The lowest BCUT2D eigenvalue weighted by Crippen LogP contribution is -2.17. The van der Waals surface area contributed by atoms with Crippen molar-refractivity contribution in [2.45, 2.75) is 45.6 Å². The van der Waals surface area contributed by atoms with E-state index in [0.717, 1.165) is 43.2 Å². The number of benzene rings is 1. The number of fused-ring (bicyclic) bond motifs is 1. The second-order valence-corrected chi connectivity index (χ2v) is 7.64. The van der Waals surface area contributed by atoms with Crippen LogP contribution in [0.3, 0.4) is 0 Å². The van der Waals surface area contributed by atoms with Crippen LogP contribution in [0.4, 0.5) is 5.69 Å². The highest BCUT2D eigenvalue weighted by Gasteiger charge is 2.21. The van der Waals surface area contributed by atoms with Crippen LogP contribution in [0.2, 0.25) is 0 Å². The second kappa shape index (κ2) is 8.21. The predicted molar refractivity (Wildman–Crippen MR) is 111 cm³/mol. The number of aryl methyl sites for hydroxylation is 1. The SMILES string of the molecule is Cc1cc(C2CCOCC2)nc2c(C(=O)Nc3ccc(OC(C)C)cc3)ncn12. The molecule has 29 heavy (non-hydrogen) atoms. The monoisotopic (exact) mass is 394 g/mol. The molecule has 1 fully saturated rings. The number of anilines is 1. The molecule has 3 aromatic rings. The van der Waals surface area contributed by atoms with Gasteiger partial charge >= 0.3 is 0 Å². The van der Waals surface area contributed by atoms with E-state index in [1.807, 2.05) is 49.4 Å². The Morgan fingerprint density at radius 1 is 1.24 bits per heavy atom. The first kappa shape index (κ1) is 19.4. The van der Waals surface area contributed by atoms with Crippen molar-refractivity contribution in [2.75, 3.05) is 18.5 Å². The zero-order valence-electron chi connectivity index (χ0n) is 17.0. The molecule has 152 valence electrons. The minimum absolute atomic E-state index is 0.103. The molecule has 1 saturated heterocycles. The molecule has 0 saturated carbocycles. The largest absolute Gasteiger partial charge is 0.491 e. The molecule has 0 spiro atoms. The zero-order chi connectivity index (χ0) is 20.4. The molecule has 7 heteroatoms. The van der Waals surface area contributed by atoms with Crippen molar-refractivity contribution >= 4 is 17.2 Å². The van der Waals surface area contributed by atoms with Gasteiger partial charge in [-0.15, -0.1) is 0 Å². The van der Waals surface area contributed by atoms with E-state index in [0.29, 0.717) is 22.9 Å². The van der Waals surface area contributed by atoms with E-state index in [4.69, 9.17) is 14.5 Å². The molecule has 1 N–H and O–H groups in total. The van der Waals surface area contributed by atoms with Crippen molar-refractivity contribution in [3.05, 3.63) is 53.7 Å². The number of aromatic nitrogens is 3. The molecule has 4 rings (SSSR count). The fourth-order valence-corrected chi connectivity index (χ4v) is 3.59. The summed E-state index contributed by atoms with van der Waals surface area (Å²) >= 11 is 0. The van der Waals surface area contributed by atoms with Gasteiger partial charge in [-0.2, -0.15) is 0 Å². The quantitative estimate of drug-likeness (QED) is 0.708. The summed E-state index contributed by atoms with van der Waals surface area (Å²) in [6.07, 6.45) is 3.65. The van der Waals surface area contributed by atoms with Crippen LogP contribution in [0.25, 0.3) is 5.65 Å². The van der Waals surface area contributed by atoms with Gasteiger partial charge in [-0.1, -0.05) is 0 Å². The number of imidazole rings is 1. The third kappa shape index (κ3) is 4.24. The molecule has 1 aliphatic rings. The van der Waals surface area contributed by atoms with Gasteiger partial charge < -0.3 is 14.8 Å². The summed E-state index contributed by atoms with van der Waals surface area (Å²) in [7, 11) is 0. The highest BCUT2D eigenvalue weighted by atomic mass is 16.5. The van der Waals surface area contributed by atoms with Crippen LogP contribution >= 0.6 is 0 Å². The van der Waals surface area contributed by atoms with Crippen molar-refractivity contribution < 1.29 is 14.3 Å². The minimum Gasteiger partial charge on any atom is -0.491 e. The molecule has 3 heterocycles. The number of hydrogen-bond donors (Lipinski definition) is 1. The maximum atomic E-state index is 12.9. The molecule has 0 radical (unpaired) electrons. The standard InChI is InChI=1S/C22H26N4O3/c1-14(2)29-18-6-4-17(5-7-18)24-22(27)20-21-25-19(16-8-10-28-11-9-16)12-15(3)26(21)13-23-20/h4-7,12-14,16H,8-11H2,1-3H3,(H,24,27). The molecule has 2 aromatic heterocycles. The van der Waals surface area contributed by atoms with Crippen molar-refractivity contribution in [1.29, 1.82) is 0 Å². The second-order valence-electron chi connectivity index (χ2n) is 7.64. The first-order valence-corrected chi connectivity index (χ1v) is 10.0. The maximum Gasteiger partial charge on any atom is 0.278 e. The Balaban J connectivity index is 1.58. The van der Waals surface area contributed by atoms with Crippen LogP contribution in [0.1, 0.15) is 54.5 Å². The number of carbonyl (C=O) groups is 1. The number of nitrogens with zero attached hydrogens (tertiary/aromatic N) is 3. The summed E-state index contributed by atoms with van der Waals surface area (Å²) < 4.78 is 13.0. The number of carbonyl (C=O) groups excluding carboxylic acids is 1. The Kier molecular flexibility index (Phi) is 5.49. The molecule has 0 aliphatic carbocycles. The van der Waals surface area contributed by atoms with E-state index in [9.17, 15) is 4.79 Å². The van der Waals surface area contributed by atoms with Crippen LogP contribution < -0.4 is 10.1 Å². The van der Waals surface area contributed by atoms with Gasteiger partial charge in [-0.05, 0) is 63.9 Å². The van der Waals surface area contributed by atoms with E-state index >= 15 is 0 Å². The number of ether oxygens (including phenoxy) is 2. The van der Waals surface area contributed by atoms with Crippen LogP contribution in [0.15, 0.2) is 36.7 Å². The van der Waals surface area contributed by atoms with E-state index in [-0.39, 0.29) is 12.0 Å². The normalized spacial score (nSPS) is 15.0. The molecular weight excluding hydrogens is 368 g/mol. The third-order valence-electron chi connectivity index (χ3n) is 5.05. The molecular formula is C22H26N4O3. The summed E-state index contributed by atoms with van der Waals surface area (Å²) in [5.41, 5.74) is 3.61. The number of hydrogen-bond acceptors (Lipinski definition) is 5. The summed E-state index contributed by atoms with van der Waals surface area (Å²) in [4.78, 5) is 22.0. The van der Waals surface area contributed by atoms with Gasteiger partial charge in [0.1, 0.15) is 12.1 Å². The molecule has 0 atom stereocenters. The zero-order valence-corrected chi connectivity index (χ0v) is 17.0. The Hall–Kier alpha value is -2.93. The van der Waals surface area contributed by atoms with Crippen LogP contribution in [-0.2, 0) is 4.74 Å². The van der Waals surface area contributed by atoms with E-state index in [1.54, 1.807) is 6.33 Å². The molecule has 1 amide bonds. The van der Waals surface area contributed by atoms with Gasteiger partial charge in [0.25, 0.3) is 5.91 Å². The lowest BCUT2D eigenvalue weighted by molar-refractivity contribution is 0.0845. The highest BCUT2D eigenvalue weighted by molar-refractivity contribution is 6.06. The summed E-state index contributed by atoms with van der Waals surface area (Å²) in [6, 6.07) is 9.40. The lowest BCUT2D eigenvalue weighted by atomic mass is 9.96. The first-order valence-electron chi connectivity index (χ1n) is 10.0. The lowest BCUT2D eigenvalue weighted by Gasteiger charge is -2.22. The van der Waals surface area contributed by atoms with E-state index < -0.39 is 0 Å². The smallest absolute Gasteiger partial charge is 0.278 e. The summed E-state index contributed by atoms with van der Waals surface area (Å²) in [5, 5.41) is 2.91. The van der Waals surface area contributed by atoms with Crippen molar-refractivity contribution in [2.24, 2.45) is 0 Å². The Morgan fingerprint density at radius 2 is 1.97 bits per heavy atom. The molecule has 1 aromatic carbocycles. The number of rotatable bonds is 5. The molecule has 1 aliphatic heterocycles. The number of nitrogens with one attached hydrogen (secondary N) is 1. The van der Waals surface area contributed by atoms with Crippen molar-refractivity contribution in [3.8, 4) is 5.75 Å². The van der Waals surface area contributed by atoms with Gasteiger partial charge in [0, 0.05) is 36.2 Å². The Bertz CT molecular complexity index is 1000. The Morgan fingerprint density at radius 3 is 2.66 bits per heavy atom. The van der Waals surface area contributed by atoms with Gasteiger partial charge in [0.05, 0.1) is 6.10 Å². The minimum atomic E-state index is -0.277. The van der Waals surface area contributed by atoms with Gasteiger partial charge in [-0.25, -0.2) is 9.97 Å².